The first-order chi connectivity index (χ1) is 12.1. The van der Waals surface area contributed by atoms with E-state index < -0.39 is 0 Å². The van der Waals surface area contributed by atoms with Crippen LogP contribution < -0.4 is 11.1 Å². The molecular formula is C19H27N3O3. The van der Waals surface area contributed by atoms with Crippen molar-refractivity contribution in [2.75, 3.05) is 18.5 Å². The van der Waals surface area contributed by atoms with E-state index in [2.05, 4.69) is 10.2 Å². The Morgan fingerprint density at radius 1 is 1.20 bits per heavy atom. The van der Waals surface area contributed by atoms with Crippen LogP contribution in [0.2, 0.25) is 0 Å². The Bertz CT molecular complexity index is 614. The topological polar surface area (TPSA) is 84.7 Å². The fourth-order valence-electron chi connectivity index (χ4n) is 3.77. The maximum Gasteiger partial charge on any atom is 0.250 e. The minimum absolute atomic E-state index is 0.102. The largest absolute Gasteiger partial charge is 0.368 e. The van der Waals surface area contributed by atoms with E-state index in [4.69, 9.17) is 10.5 Å². The quantitative estimate of drug-likeness (QED) is 0.792. The SMILES string of the molecule is NC(=O)C1CCCN1Cc1cccc(NC(=O)COC2CCCC2)c1. The molecule has 3 rings (SSSR count). The minimum Gasteiger partial charge on any atom is -0.368 e. The highest BCUT2D eigenvalue weighted by Gasteiger charge is 2.28. The molecule has 2 amide bonds. The minimum atomic E-state index is -0.258. The number of primary amides is 1. The van der Waals surface area contributed by atoms with Crippen LogP contribution in [0.3, 0.4) is 0 Å². The third-order valence-electron chi connectivity index (χ3n) is 5.04. The highest BCUT2D eigenvalue weighted by molar-refractivity contribution is 5.91. The van der Waals surface area contributed by atoms with Gasteiger partial charge in [0.25, 0.3) is 0 Å². The van der Waals surface area contributed by atoms with Gasteiger partial charge >= 0.3 is 0 Å². The number of carbonyl (C=O) groups is 2. The number of rotatable bonds is 7. The second kappa shape index (κ2) is 8.45. The Kier molecular flexibility index (Phi) is 6.04. The van der Waals surface area contributed by atoms with Gasteiger partial charge in [0.1, 0.15) is 6.61 Å². The molecule has 6 nitrogen and oxygen atoms in total. The van der Waals surface area contributed by atoms with Crippen molar-refractivity contribution in [2.45, 2.75) is 57.2 Å². The standard InChI is InChI=1S/C19H27N3O3/c20-19(24)17-9-4-10-22(17)12-14-5-3-6-15(11-14)21-18(23)13-25-16-7-1-2-8-16/h3,5-6,11,16-17H,1-2,4,7-10,12-13H2,(H2,20,24)(H,21,23). The molecule has 2 aliphatic rings. The van der Waals surface area contributed by atoms with Gasteiger partial charge in [-0.2, -0.15) is 0 Å². The Morgan fingerprint density at radius 2 is 2.00 bits per heavy atom. The number of nitrogens with zero attached hydrogens (tertiary/aromatic N) is 1. The molecule has 0 spiro atoms. The third-order valence-corrected chi connectivity index (χ3v) is 5.04. The zero-order valence-corrected chi connectivity index (χ0v) is 14.6. The fraction of sp³-hybridized carbons (Fsp3) is 0.579. The van der Waals surface area contributed by atoms with Crippen molar-refractivity contribution >= 4 is 17.5 Å². The van der Waals surface area contributed by atoms with Crippen LogP contribution in [0.15, 0.2) is 24.3 Å². The van der Waals surface area contributed by atoms with Crippen molar-refractivity contribution in [3.8, 4) is 0 Å². The fourth-order valence-corrected chi connectivity index (χ4v) is 3.77. The van der Waals surface area contributed by atoms with Crippen molar-refractivity contribution in [3.63, 3.8) is 0 Å². The van der Waals surface area contributed by atoms with Gasteiger partial charge in [-0.25, -0.2) is 0 Å². The second-order valence-corrected chi connectivity index (χ2v) is 7.00. The van der Waals surface area contributed by atoms with Gasteiger partial charge in [-0.05, 0) is 49.9 Å². The van der Waals surface area contributed by atoms with E-state index in [1.54, 1.807) is 0 Å². The van der Waals surface area contributed by atoms with Crippen LogP contribution in [0.5, 0.6) is 0 Å². The summed E-state index contributed by atoms with van der Waals surface area (Å²) in [6.45, 7) is 1.64. The summed E-state index contributed by atoms with van der Waals surface area (Å²) in [6, 6.07) is 7.55. The Hall–Kier alpha value is -1.92. The van der Waals surface area contributed by atoms with Crippen LogP contribution in [0.1, 0.15) is 44.1 Å². The summed E-state index contributed by atoms with van der Waals surface area (Å²) in [5.41, 5.74) is 7.29. The molecule has 1 aromatic rings. The Morgan fingerprint density at radius 3 is 2.76 bits per heavy atom. The van der Waals surface area contributed by atoms with Crippen LogP contribution in [-0.2, 0) is 20.9 Å². The zero-order chi connectivity index (χ0) is 17.6. The molecule has 1 saturated heterocycles. The molecule has 136 valence electrons. The van der Waals surface area contributed by atoms with Crippen molar-refractivity contribution in [3.05, 3.63) is 29.8 Å². The van der Waals surface area contributed by atoms with E-state index in [9.17, 15) is 9.59 Å². The lowest BCUT2D eigenvalue weighted by molar-refractivity contribution is -0.123. The van der Waals surface area contributed by atoms with Gasteiger partial charge in [0, 0.05) is 12.2 Å². The van der Waals surface area contributed by atoms with Crippen LogP contribution >= 0.6 is 0 Å². The lowest BCUT2D eigenvalue weighted by atomic mass is 10.1. The molecule has 6 heteroatoms. The van der Waals surface area contributed by atoms with E-state index in [1.807, 2.05) is 24.3 Å². The number of carbonyl (C=O) groups excluding carboxylic acids is 2. The lowest BCUT2D eigenvalue weighted by Gasteiger charge is -2.22. The molecule has 1 aliphatic carbocycles. The first kappa shape index (κ1) is 17.9. The maximum absolute atomic E-state index is 12.1. The number of nitrogens with one attached hydrogen (secondary N) is 1. The molecule has 3 N–H and O–H groups in total. The van der Waals surface area contributed by atoms with Crippen LogP contribution in [0.4, 0.5) is 5.69 Å². The van der Waals surface area contributed by atoms with Gasteiger partial charge < -0.3 is 15.8 Å². The highest BCUT2D eigenvalue weighted by atomic mass is 16.5. The summed E-state index contributed by atoms with van der Waals surface area (Å²) in [7, 11) is 0. The molecule has 25 heavy (non-hydrogen) atoms. The molecule has 0 radical (unpaired) electrons. The van der Waals surface area contributed by atoms with Crippen molar-refractivity contribution in [1.29, 1.82) is 0 Å². The average Bonchev–Trinajstić information content (AvgIpc) is 3.24. The number of likely N-dealkylation sites (tertiary alicyclic amines) is 1. The molecule has 1 aliphatic heterocycles. The molecule has 1 unspecified atom stereocenters. The zero-order valence-electron chi connectivity index (χ0n) is 14.6. The third kappa shape index (κ3) is 5.03. The van der Waals surface area contributed by atoms with E-state index >= 15 is 0 Å². The lowest BCUT2D eigenvalue weighted by Crippen LogP contribution is -2.39. The molecule has 1 heterocycles. The van der Waals surface area contributed by atoms with Crippen LogP contribution in [-0.4, -0.2) is 42.0 Å². The molecule has 0 aromatic heterocycles. The second-order valence-electron chi connectivity index (χ2n) is 7.00. The molecule has 1 aromatic carbocycles. The monoisotopic (exact) mass is 345 g/mol. The van der Waals surface area contributed by atoms with E-state index in [0.717, 1.165) is 43.5 Å². The molecule has 1 saturated carbocycles. The summed E-state index contributed by atoms with van der Waals surface area (Å²) < 4.78 is 5.64. The van der Waals surface area contributed by atoms with Gasteiger partial charge in [0.15, 0.2) is 0 Å². The van der Waals surface area contributed by atoms with Crippen molar-refractivity contribution in [2.24, 2.45) is 5.73 Å². The summed E-state index contributed by atoms with van der Waals surface area (Å²) in [5, 5.41) is 2.89. The van der Waals surface area contributed by atoms with Crippen LogP contribution in [0, 0.1) is 0 Å². The number of nitrogens with two attached hydrogens (primary N) is 1. The number of benzene rings is 1. The van der Waals surface area contributed by atoms with Gasteiger partial charge in [0.05, 0.1) is 12.1 Å². The van der Waals surface area contributed by atoms with E-state index in [-0.39, 0.29) is 30.6 Å². The predicted octanol–water partition coefficient (Wildman–Crippen LogP) is 2.03. The number of hydrogen-bond donors (Lipinski definition) is 2. The number of ether oxygens (including phenoxy) is 1. The van der Waals surface area contributed by atoms with E-state index in [1.165, 1.54) is 12.8 Å². The summed E-state index contributed by atoms with van der Waals surface area (Å²) in [6.07, 6.45) is 6.54. The smallest absolute Gasteiger partial charge is 0.250 e. The summed E-state index contributed by atoms with van der Waals surface area (Å²) in [5.74, 6) is -0.383. The Balaban J connectivity index is 1.52. The molecule has 1 atom stereocenters. The number of hydrogen-bond acceptors (Lipinski definition) is 4. The van der Waals surface area contributed by atoms with Gasteiger partial charge in [-0.3, -0.25) is 14.5 Å². The normalized spacial score (nSPS) is 21.5. The maximum atomic E-state index is 12.1. The van der Waals surface area contributed by atoms with Gasteiger partial charge in [-0.1, -0.05) is 25.0 Å². The predicted molar refractivity (Wildman–Crippen MR) is 95.9 cm³/mol. The first-order valence-electron chi connectivity index (χ1n) is 9.15. The highest BCUT2D eigenvalue weighted by Crippen LogP contribution is 2.22. The molecule has 0 bridgehead atoms. The van der Waals surface area contributed by atoms with E-state index in [0.29, 0.717) is 6.54 Å². The van der Waals surface area contributed by atoms with Crippen molar-refractivity contribution in [1.82, 2.24) is 4.90 Å². The van der Waals surface area contributed by atoms with Gasteiger partial charge in [0.2, 0.25) is 11.8 Å². The first-order valence-corrected chi connectivity index (χ1v) is 9.15. The average molecular weight is 345 g/mol. The van der Waals surface area contributed by atoms with Crippen molar-refractivity contribution < 1.29 is 14.3 Å². The molecule has 2 fully saturated rings. The summed E-state index contributed by atoms with van der Waals surface area (Å²) in [4.78, 5) is 25.7. The van der Waals surface area contributed by atoms with Crippen LogP contribution in [0.25, 0.3) is 0 Å². The number of anilines is 1. The Labute approximate surface area is 148 Å². The molecular weight excluding hydrogens is 318 g/mol. The summed E-state index contributed by atoms with van der Waals surface area (Å²) >= 11 is 0. The van der Waals surface area contributed by atoms with Gasteiger partial charge in [-0.15, -0.1) is 0 Å². The number of amides is 2.